The number of aliphatic hydroxyl groups excluding tert-OH is 2. The Morgan fingerprint density at radius 1 is 1.26 bits per heavy atom. The Morgan fingerprint density at radius 2 is 1.94 bits per heavy atom. The molecule has 1 amide bonds. The van der Waals surface area contributed by atoms with Crippen LogP contribution >= 0.6 is 11.6 Å². The van der Waals surface area contributed by atoms with E-state index in [1.165, 1.54) is 18.9 Å². The number of benzene rings is 1. The van der Waals surface area contributed by atoms with Gasteiger partial charge in [-0.05, 0) is 61.6 Å². The van der Waals surface area contributed by atoms with Crippen molar-refractivity contribution in [1.82, 2.24) is 5.32 Å². The van der Waals surface area contributed by atoms with Gasteiger partial charge in [0.2, 0.25) is 5.78 Å². The highest BCUT2D eigenvalue weighted by Crippen LogP contribution is 2.52. The summed E-state index contributed by atoms with van der Waals surface area (Å²) in [5, 5.41) is 47.0. The zero-order valence-electron chi connectivity index (χ0n) is 19.1. The van der Waals surface area contributed by atoms with Gasteiger partial charge in [-0.2, -0.15) is 0 Å². The molecule has 0 saturated heterocycles. The van der Waals surface area contributed by atoms with Crippen molar-refractivity contribution in [2.45, 2.75) is 57.2 Å². The molecule has 4 aliphatic carbocycles. The first-order valence-corrected chi connectivity index (χ1v) is 12.1. The van der Waals surface area contributed by atoms with E-state index in [9.17, 15) is 34.8 Å². The molecular formula is C25H27ClN2O7. The van der Waals surface area contributed by atoms with Crippen LogP contribution in [0.3, 0.4) is 0 Å². The lowest BCUT2D eigenvalue weighted by atomic mass is 9.60. The van der Waals surface area contributed by atoms with Crippen LogP contribution in [0, 0.1) is 17.8 Å². The van der Waals surface area contributed by atoms with E-state index in [-0.39, 0.29) is 36.1 Å². The van der Waals surface area contributed by atoms with E-state index in [4.69, 9.17) is 17.3 Å². The highest BCUT2D eigenvalue weighted by molar-refractivity contribution is 6.33. The Morgan fingerprint density at radius 3 is 2.57 bits per heavy atom. The number of nitrogens with two attached hydrogens (primary N) is 1. The Labute approximate surface area is 206 Å². The van der Waals surface area contributed by atoms with Crippen LogP contribution in [0.2, 0.25) is 5.02 Å². The SMILES string of the molecule is CC(NCc1cc(O)c2c(c1Cl)C[C@H]1C[C@H]3CC(O)=C(C(N)=O)C(=O)[C@@]3(O)C(O)=C1C2=O)C1CC1. The molecule has 10 heteroatoms. The highest BCUT2D eigenvalue weighted by atomic mass is 35.5. The van der Waals surface area contributed by atoms with E-state index in [2.05, 4.69) is 12.2 Å². The topological polar surface area (TPSA) is 170 Å². The molecule has 0 radical (unpaired) electrons. The third-order valence-electron chi connectivity index (χ3n) is 8.01. The fraction of sp³-hybridized carbons (Fsp3) is 0.480. The van der Waals surface area contributed by atoms with Crippen molar-refractivity contribution >= 4 is 29.1 Å². The summed E-state index contributed by atoms with van der Waals surface area (Å²) in [5.74, 6) is -5.90. The molecule has 4 aliphatic rings. The van der Waals surface area contributed by atoms with E-state index in [1.54, 1.807) is 0 Å². The smallest absolute Gasteiger partial charge is 0.255 e. The maximum Gasteiger partial charge on any atom is 0.255 e. The third-order valence-corrected chi connectivity index (χ3v) is 8.48. The summed E-state index contributed by atoms with van der Waals surface area (Å²) in [4.78, 5) is 38.2. The molecule has 0 aliphatic heterocycles. The van der Waals surface area contributed by atoms with Crippen LogP contribution in [-0.4, -0.2) is 49.5 Å². The lowest BCUT2D eigenvalue weighted by molar-refractivity contribution is -0.144. The monoisotopic (exact) mass is 502 g/mol. The second-order valence-electron chi connectivity index (χ2n) is 10.1. The van der Waals surface area contributed by atoms with Gasteiger partial charge in [0, 0.05) is 35.5 Å². The van der Waals surface area contributed by atoms with Crippen molar-refractivity contribution < 1.29 is 34.8 Å². The number of allylic oxidation sites excluding steroid dienone is 2. The van der Waals surface area contributed by atoms with Crippen molar-refractivity contribution in [3.05, 3.63) is 50.4 Å². The van der Waals surface area contributed by atoms with Gasteiger partial charge in [-0.3, -0.25) is 14.4 Å². The number of ketones is 2. The van der Waals surface area contributed by atoms with Crippen LogP contribution in [0.4, 0.5) is 0 Å². The van der Waals surface area contributed by atoms with Crippen molar-refractivity contribution in [2.24, 2.45) is 23.5 Å². The number of rotatable bonds is 5. The summed E-state index contributed by atoms with van der Waals surface area (Å²) >= 11 is 6.69. The second kappa shape index (κ2) is 8.08. The van der Waals surface area contributed by atoms with Gasteiger partial charge < -0.3 is 31.5 Å². The van der Waals surface area contributed by atoms with Crippen molar-refractivity contribution in [1.29, 1.82) is 0 Å². The molecule has 4 atom stereocenters. The zero-order chi connectivity index (χ0) is 25.4. The van der Waals surface area contributed by atoms with Crippen molar-refractivity contribution in [3.8, 4) is 5.75 Å². The molecule has 1 saturated carbocycles. The van der Waals surface area contributed by atoms with Gasteiger partial charge in [-0.15, -0.1) is 0 Å². The number of phenols is 1. The van der Waals surface area contributed by atoms with Gasteiger partial charge >= 0.3 is 0 Å². The van der Waals surface area contributed by atoms with Crippen LogP contribution in [0.1, 0.15) is 54.1 Å². The summed E-state index contributed by atoms with van der Waals surface area (Å²) in [6.07, 6.45) is 2.34. The van der Waals surface area contributed by atoms with Crippen LogP contribution in [0.15, 0.2) is 28.7 Å². The number of hydrogen-bond acceptors (Lipinski definition) is 8. The molecule has 0 bridgehead atoms. The van der Waals surface area contributed by atoms with Gasteiger partial charge in [0.1, 0.15) is 22.8 Å². The number of amides is 1. The number of aliphatic hydroxyl groups is 3. The molecule has 7 N–H and O–H groups in total. The molecule has 0 spiro atoms. The predicted molar refractivity (Wildman–Crippen MR) is 125 cm³/mol. The second-order valence-corrected chi connectivity index (χ2v) is 10.5. The van der Waals surface area contributed by atoms with E-state index in [0.717, 1.165) is 0 Å². The zero-order valence-corrected chi connectivity index (χ0v) is 19.9. The molecule has 0 heterocycles. The molecule has 0 aromatic heterocycles. The van der Waals surface area contributed by atoms with Crippen LogP contribution < -0.4 is 11.1 Å². The lowest BCUT2D eigenvalue weighted by Crippen LogP contribution is -2.57. The predicted octanol–water partition coefficient (Wildman–Crippen LogP) is 2.12. The fourth-order valence-corrected chi connectivity index (χ4v) is 6.18. The first kappa shape index (κ1) is 23.8. The summed E-state index contributed by atoms with van der Waals surface area (Å²) < 4.78 is 0. The molecule has 35 heavy (non-hydrogen) atoms. The number of halogens is 1. The van der Waals surface area contributed by atoms with E-state index in [1.807, 2.05) is 0 Å². The summed E-state index contributed by atoms with van der Waals surface area (Å²) in [6.45, 7) is 2.50. The number of nitrogens with one attached hydrogen (secondary N) is 1. The van der Waals surface area contributed by atoms with Crippen LogP contribution in [0.25, 0.3) is 0 Å². The number of primary amides is 1. The summed E-state index contributed by atoms with van der Waals surface area (Å²) in [5.41, 5.74) is 2.65. The Hall–Kier alpha value is -2.88. The maximum absolute atomic E-state index is 13.5. The minimum atomic E-state index is -2.57. The van der Waals surface area contributed by atoms with Crippen LogP contribution in [0.5, 0.6) is 5.75 Å². The summed E-state index contributed by atoms with van der Waals surface area (Å²) in [6, 6.07) is 1.71. The van der Waals surface area contributed by atoms with Gasteiger partial charge in [-0.1, -0.05) is 11.6 Å². The first-order chi connectivity index (χ1) is 16.5. The van der Waals surface area contributed by atoms with Gasteiger partial charge in [-0.25, -0.2) is 0 Å². The van der Waals surface area contributed by atoms with Gasteiger partial charge in [0.05, 0.1) is 5.56 Å². The van der Waals surface area contributed by atoms with Crippen LogP contribution in [-0.2, 0) is 22.6 Å². The van der Waals surface area contributed by atoms with Gasteiger partial charge in [0.15, 0.2) is 11.4 Å². The molecule has 1 fully saturated rings. The largest absolute Gasteiger partial charge is 0.511 e. The lowest BCUT2D eigenvalue weighted by Gasteiger charge is -2.45. The Balaban J connectivity index is 1.55. The van der Waals surface area contributed by atoms with Crippen molar-refractivity contribution in [2.75, 3.05) is 0 Å². The summed E-state index contributed by atoms with van der Waals surface area (Å²) in [7, 11) is 0. The average Bonchev–Trinajstić information content (AvgIpc) is 3.62. The third kappa shape index (κ3) is 3.48. The number of carbonyl (C=O) groups excluding carboxylic acids is 3. The molecule has 9 nitrogen and oxygen atoms in total. The first-order valence-electron chi connectivity index (χ1n) is 11.7. The van der Waals surface area contributed by atoms with E-state index in [0.29, 0.717) is 34.7 Å². The number of carbonyl (C=O) groups is 3. The average molecular weight is 503 g/mol. The number of Topliss-reactive ketones (excluding diaryl/α,β-unsaturated/α-hetero) is 2. The van der Waals surface area contributed by atoms with Gasteiger partial charge in [0.25, 0.3) is 5.91 Å². The minimum Gasteiger partial charge on any atom is -0.511 e. The number of hydrogen-bond donors (Lipinski definition) is 6. The normalized spacial score (nSPS) is 29.0. The Kier molecular flexibility index (Phi) is 5.50. The number of aromatic hydroxyl groups is 1. The quantitative estimate of drug-likeness (QED) is 0.332. The molecule has 186 valence electrons. The molecular weight excluding hydrogens is 476 g/mol. The maximum atomic E-state index is 13.5. The fourth-order valence-electron chi connectivity index (χ4n) is 5.88. The van der Waals surface area contributed by atoms with E-state index >= 15 is 0 Å². The molecule has 1 aromatic rings. The minimum absolute atomic E-state index is 0.0706. The highest BCUT2D eigenvalue weighted by Gasteiger charge is 2.59. The van der Waals surface area contributed by atoms with E-state index < -0.39 is 52.0 Å². The molecule has 5 rings (SSSR count). The van der Waals surface area contributed by atoms with Crippen molar-refractivity contribution in [3.63, 3.8) is 0 Å². The Bertz CT molecular complexity index is 1250. The standard InChI is InChI=1S/C25H27ClN2O7/c1-9(10-2-3-10)28-8-12-6-15(29)18-14(20(12)26)5-11-4-13-7-16(30)19(24(27)34)23(33)25(13,35)22(32)17(11)21(18)31/h6,9-11,13,28-30,32,35H,2-5,7-8H2,1H3,(H2,27,34)/t9?,11-,13+,25+/m1/s1. The number of phenolic OH excluding ortho intramolecular Hbond substituents is 1. The molecule has 1 aromatic carbocycles. The molecule has 1 unspecified atom stereocenters. The number of fused-ring (bicyclic) bond motifs is 3.